The first-order chi connectivity index (χ1) is 17.2. The van der Waals surface area contributed by atoms with Crippen molar-refractivity contribution in [2.24, 2.45) is 0 Å². The van der Waals surface area contributed by atoms with Crippen molar-refractivity contribution < 1.29 is 6.15 Å². The van der Waals surface area contributed by atoms with Crippen LogP contribution in [0.3, 0.4) is 0 Å². The van der Waals surface area contributed by atoms with Crippen molar-refractivity contribution >= 4 is 19.2 Å². The molecule has 0 radical (unpaired) electrons. The third kappa shape index (κ3) is 11.2. The SMILES string of the molecule is CCCCCCc1ccccc1[O][Sn]([CH2]CCC)([CH2]CCC)[O]c1ccccc1CCCCCC. The van der Waals surface area contributed by atoms with E-state index in [1.165, 1.54) is 88.2 Å². The standard InChI is InChI=1S/2C12H18O.2C4H9.Sn/c2*1-2-3-4-5-8-11-9-6-7-10-12(11)13;2*1-3-4-2;/h2*6-7,9-10,13H,2-5,8H2,1H3;2*1,3-4H2,2H3;/q;;;;+2/p-2. The van der Waals surface area contributed by atoms with Gasteiger partial charge in [-0.1, -0.05) is 0 Å². The summed E-state index contributed by atoms with van der Waals surface area (Å²) in [6.45, 7) is 9.14. The molecule has 0 N–H and O–H groups in total. The van der Waals surface area contributed by atoms with Crippen LogP contribution < -0.4 is 6.15 Å². The Morgan fingerprint density at radius 1 is 0.486 bits per heavy atom. The van der Waals surface area contributed by atoms with Crippen LogP contribution in [-0.4, -0.2) is 19.2 Å². The molecule has 196 valence electrons. The topological polar surface area (TPSA) is 18.5 Å². The Morgan fingerprint density at radius 2 is 0.886 bits per heavy atom. The Kier molecular flexibility index (Phi) is 15.6. The van der Waals surface area contributed by atoms with Gasteiger partial charge < -0.3 is 0 Å². The zero-order valence-electron chi connectivity index (χ0n) is 23.2. The molecule has 0 heterocycles. The van der Waals surface area contributed by atoms with Gasteiger partial charge in [0.15, 0.2) is 0 Å². The van der Waals surface area contributed by atoms with Gasteiger partial charge in [0.05, 0.1) is 0 Å². The molecule has 0 aromatic heterocycles. The van der Waals surface area contributed by atoms with Gasteiger partial charge in [0.25, 0.3) is 0 Å². The minimum absolute atomic E-state index is 1.10. The fourth-order valence-electron chi connectivity index (χ4n) is 4.75. The Balaban J connectivity index is 2.31. The van der Waals surface area contributed by atoms with Crippen LogP contribution in [0.2, 0.25) is 8.87 Å². The van der Waals surface area contributed by atoms with Crippen molar-refractivity contribution in [3.63, 3.8) is 0 Å². The third-order valence-corrected chi connectivity index (χ3v) is 16.7. The second-order valence-corrected chi connectivity index (χ2v) is 19.4. The summed E-state index contributed by atoms with van der Waals surface area (Å²) in [5.41, 5.74) is 2.74. The van der Waals surface area contributed by atoms with Crippen molar-refractivity contribution in [2.45, 2.75) is 126 Å². The number of aryl methyl sites for hydroxylation is 2. The molecule has 0 unspecified atom stereocenters. The molecule has 0 spiro atoms. The van der Waals surface area contributed by atoms with Gasteiger partial charge in [-0.05, 0) is 0 Å². The summed E-state index contributed by atoms with van der Waals surface area (Å²) >= 11 is -3.45. The zero-order valence-corrected chi connectivity index (χ0v) is 26.1. The molecule has 0 fully saturated rings. The first-order valence-electron chi connectivity index (χ1n) is 14.7. The second kappa shape index (κ2) is 18.1. The molecule has 0 bridgehead atoms. The number of hydrogen-bond donors (Lipinski definition) is 0. The van der Waals surface area contributed by atoms with Gasteiger partial charge in [0.1, 0.15) is 0 Å². The summed E-state index contributed by atoms with van der Waals surface area (Å²) in [4.78, 5) is 0. The van der Waals surface area contributed by atoms with E-state index in [9.17, 15) is 0 Å². The fourth-order valence-corrected chi connectivity index (χ4v) is 15.3. The van der Waals surface area contributed by atoms with Crippen molar-refractivity contribution in [3.8, 4) is 11.5 Å². The maximum atomic E-state index is 7.18. The Bertz CT molecular complexity index is 736. The number of rotatable bonds is 20. The summed E-state index contributed by atoms with van der Waals surface area (Å²) < 4.78 is 16.6. The van der Waals surface area contributed by atoms with Crippen LogP contribution in [0, 0.1) is 0 Å². The number of benzene rings is 2. The molecule has 0 saturated carbocycles. The van der Waals surface area contributed by atoms with Crippen LogP contribution in [0.15, 0.2) is 48.5 Å². The maximum absolute atomic E-state index is 7.18. The molecule has 0 aliphatic heterocycles. The van der Waals surface area contributed by atoms with E-state index in [1.54, 1.807) is 0 Å². The molecule has 0 atom stereocenters. The Hall–Kier alpha value is -1.16. The molecule has 3 heteroatoms. The number of para-hydroxylation sites is 2. The summed E-state index contributed by atoms with van der Waals surface area (Å²) in [5, 5.41) is 0. The monoisotopic (exact) mass is 588 g/mol. The van der Waals surface area contributed by atoms with E-state index in [4.69, 9.17) is 6.15 Å². The molecule has 35 heavy (non-hydrogen) atoms. The molecule has 0 saturated heterocycles. The van der Waals surface area contributed by atoms with E-state index >= 15 is 0 Å². The van der Waals surface area contributed by atoms with Crippen molar-refractivity contribution in [1.82, 2.24) is 0 Å². The molecule has 2 nitrogen and oxygen atoms in total. The average molecular weight is 587 g/mol. The van der Waals surface area contributed by atoms with Gasteiger partial charge in [0.2, 0.25) is 0 Å². The summed E-state index contributed by atoms with van der Waals surface area (Å²) in [6, 6.07) is 17.6. The average Bonchev–Trinajstić information content (AvgIpc) is 2.88. The predicted octanol–water partition coefficient (Wildman–Crippen LogP) is 10.4. The first-order valence-corrected chi connectivity index (χ1v) is 21.1. The zero-order chi connectivity index (χ0) is 25.2. The van der Waals surface area contributed by atoms with Gasteiger partial charge in [-0.3, -0.25) is 0 Å². The van der Waals surface area contributed by atoms with Crippen LogP contribution in [-0.2, 0) is 12.8 Å². The molecule has 2 aromatic rings. The van der Waals surface area contributed by atoms with Crippen molar-refractivity contribution in [3.05, 3.63) is 59.7 Å². The predicted molar refractivity (Wildman–Crippen MR) is 155 cm³/mol. The van der Waals surface area contributed by atoms with Crippen LogP contribution in [0.4, 0.5) is 0 Å². The number of hydrogen-bond acceptors (Lipinski definition) is 2. The fraction of sp³-hybridized carbons (Fsp3) is 0.625. The minimum atomic E-state index is -3.45. The number of unbranched alkanes of at least 4 members (excludes halogenated alkanes) is 8. The molecule has 0 aliphatic rings. The van der Waals surface area contributed by atoms with Gasteiger partial charge >= 0.3 is 223 Å². The van der Waals surface area contributed by atoms with Crippen LogP contribution in [0.1, 0.15) is 116 Å². The van der Waals surface area contributed by atoms with E-state index < -0.39 is 19.2 Å². The van der Waals surface area contributed by atoms with Gasteiger partial charge in [0, 0.05) is 0 Å². The van der Waals surface area contributed by atoms with Crippen LogP contribution >= 0.6 is 0 Å². The Labute approximate surface area is 222 Å². The van der Waals surface area contributed by atoms with Crippen molar-refractivity contribution in [1.29, 1.82) is 0 Å². The van der Waals surface area contributed by atoms with E-state index in [-0.39, 0.29) is 0 Å². The molecule has 2 rings (SSSR count). The summed E-state index contributed by atoms with van der Waals surface area (Å²) in [6.07, 6.45) is 17.2. The first kappa shape index (κ1) is 30.1. The molecule has 0 amide bonds. The van der Waals surface area contributed by atoms with Gasteiger partial charge in [-0.15, -0.1) is 0 Å². The summed E-state index contributed by atoms with van der Waals surface area (Å²) in [5.74, 6) is 2.21. The van der Waals surface area contributed by atoms with E-state index in [0.29, 0.717) is 0 Å². The summed E-state index contributed by atoms with van der Waals surface area (Å²) in [7, 11) is 0. The quantitative estimate of drug-likeness (QED) is 0.113. The van der Waals surface area contributed by atoms with Gasteiger partial charge in [-0.25, -0.2) is 0 Å². The third-order valence-electron chi connectivity index (χ3n) is 6.96. The Morgan fingerprint density at radius 3 is 1.29 bits per heavy atom. The van der Waals surface area contributed by atoms with Gasteiger partial charge in [-0.2, -0.15) is 0 Å². The van der Waals surface area contributed by atoms with E-state index in [0.717, 1.165) is 33.2 Å². The van der Waals surface area contributed by atoms with E-state index in [2.05, 4.69) is 76.2 Å². The van der Waals surface area contributed by atoms with Crippen LogP contribution in [0.5, 0.6) is 11.5 Å². The molecular weight excluding hydrogens is 535 g/mol. The van der Waals surface area contributed by atoms with E-state index in [1.807, 2.05) is 0 Å². The van der Waals surface area contributed by atoms with Crippen LogP contribution in [0.25, 0.3) is 0 Å². The van der Waals surface area contributed by atoms with Crippen molar-refractivity contribution in [2.75, 3.05) is 0 Å². The normalized spacial score (nSPS) is 11.5. The molecular formula is C32H52O2Sn. The molecule has 2 aromatic carbocycles. The molecule has 0 aliphatic carbocycles. The second-order valence-electron chi connectivity index (χ2n) is 10.2.